The smallest absolute Gasteiger partial charge is 0.234 e. The quantitative estimate of drug-likeness (QED) is 0.337. The van der Waals surface area contributed by atoms with Gasteiger partial charge in [-0.15, -0.1) is 21.5 Å². The van der Waals surface area contributed by atoms with E-state index in [-0.39, 0.29) is 11.7 Å². The second kappa shape index (κ2) is 8.60. The van der Waals surface area contributed by atoms with Crippen LogP contribution >= 0.6 is 23.1 Å². The van der Waals surface area contributed by atoms with E-state index < -0.39 is 0 Å². The van der Waals surface area contributed by atoms with Gasteiger partial charge in [0.2, 0.25) is 5.91 Å². The van der Waals surface area contributed by atoms with Crippen LogP contribution in [0.5, 0.6) is 11.5 Å². The third-order valence-electron chi connectivity index (χ3n) is 4.99. The van der Waals surface area contributed by atoms with E-state index in [1.54, 1.807) is 17.7 Å². The molecule has 2 aromatic carbocycles. The number of thiophene rings is 1. The number of aromatic nitrogens is 4. The van der Waals surface area contributed by atoms with Crippen LogP contribution in [-0.2, 0) is 4.79 Å². The molecule has 5 aromatic rings. The van der Waals surface area contributed by atoms with Gasteiger partial charge in [-0.1, -0.05) is 30.0 Å². The summed E-state index contributed by atoms with van der Waals surface area (Å²) >= 11 is 2.98. The number of hydrogen-bond donors (Lipinski definition) is 1. The molecule has 0 fully saturated rings. The van der Waals surface area contributed by atoms with Gasteiger partial charge in [0.25, 0.3) is 0 Å². The normalized spacial score (nSPS) is 11.2. The third kappa shape index (κ3) is 4.04. The molecule has 0 aliphatic rings. The number of hydrogen-bond acceptors (Lipinski definition) is 7. The molecular formula is C23H19N5O2S2. The number of nitrogens with one attached hydrogen (secondary N) is 1. The van der Waals surface area contributed by atoms with E-state index in [4.69, 9.17) is 4.74 Å². The molecule has 32 heavy (non-hydrogen) atoms. The lowest BCUT2D eigenvalue weighted by atomic mass is 10.2. The highest BCUT2D eigenvalue weighted by Crippen LogP contribution is 2.32. The molecule has 0 aliphatic heterocycles. The van der Waals surface area contributed by atoms with Gasteiger partial charge in [0.05, 0.1) is 11.1 Å². The van der Waals surface area contributed by atoms with Crippen LogP contribution in [0.25, 0.3) is 15.9 Å². The molecule has 160 valence electrons. The first-order chi connectivity index (χ1) is 15.6. The summed E-state index contributed by atoms with van der Waals surface area (Å²) in [4.78, 5) is 19.2. The van der Waals surface area contributed by atoms with Crippen molar-refractivity contribution in [3.8, 4) is 11.5 Å². The molecule has 0 unspecified atom stereocenters. The number of rotatable bonds is 6. The van der Waals surface area contributed by atoms with Gasteiger partial charge in [0.1, 0.15) is 22.7 Å². The maximum absolute atomic E-state index is 12.5. The van der Waals surface area contributed by atoms with Crippen LogP contribution in [0.3, 0.4) is 0 Å². The number of carbonyl (C=O) groups is 1. The van der Waals surface area contributed by atoms with Gasteiger partial charge >= 0.3 is 0 Å². The average Bonchev–Trinajstić information content (AvgIpc) is 3.34. The van der Waals surface area contributed by atoms with Gasteiger partial charge in [-0.05, 0) is 55.8 Å². The van der Waals surface area contributed by atoms with E-state index in [0.717, 1.165) is 21.6 Å². The fourth-order valence-electron chi connectivity index (χ4n) is 3.28. The minimum atomic E-state index is -0.125. The molecule has 1 N–H and O–H groups in total. The second-order valence-electron chi connectivity index (χ2n) is 7.16. The first kappa shape index (κ1) is 20.5. The van der Waals surface area contributed by atoms with E-state index >= 15 is 0 Å². The first-order valence-corrected chi connectivity index (χ1v) is 11.7. The predicted octanol–water partition coefficient (Wildman–Crippen LogP) is 5.48. The Morgan fingerprint density at radius 1 is 1.06 bits per heavy atom. The maximum atomic E-state index is 12.5. The Hall–Kier alpha value is -3.43. The van der Waals surface area contributed by atoms with Crippen molar-refractivity contribution in [3.63, 3.8) is 0 Å². The lowest BCUT2D eigenvalue weighted by Gasteiger charge is -2.08. The van der Waals surface area contributed by atoms with Gasteiger partial charge in [-0.2, -0.15) is 0 Å². The lowest BCUT2D eigenvalue weighted by Crippen LogP contribution is -2.14. The standard InChI is InChI=1S/C23H19N5O2S2/c1-14-15(2)32-22-20(14)21-26-27-23(28(21)13-24-22)31-12-19(29)25-16-8-10-18(11-9-16)30-17-6-4-3-5-7-17/h3-11,13H,12H2,1-2H3,(H,25,29). The number of benzene rings is 2. The zero-order valence-electron chi connectivity index (χ0n) is 17.4. The van der Waals surface area contributed by atoms with Crippen molar-refractivity contribution in [2.75, 3.05) is 11.1 Å². The van der Waals surface area contributed by atoms with Gasteiger partial charge in [-0.3, -0.25) is 9.20 Å². The number of nitrogens with zero attached hydrogens (tertiary/aromatic N) is 4. The zero-order chi connectivity index (χ0) is 22.1. The molecule has 0 atom stereocenters. The van der Waals surface area contributed by atoms with Crippen LogP contribution in [0, 0.1) is 13.8 Å². The Balaban J connectivity index is 1.23. The van der Waals surface area contributed by atoms with Gasteiger partial charge < -0.3 is 10.1 Å². The molecular weight excluding hydrogens is 442 g/mol. The summed E-state index contributed by atoms with van der Waals surface area (Å²) in [7, 11) is 0. The van der Waals surface area contributed by atoms with Crippen molar-refractivity contribution in [2.24, 2.45) is 0 Å². The van der Waals surface area contributed by atoms with Crippen LogP contribution in [0.2, 0.25) is 0 Å². The largest absolute Gasteiger partial charge is 0.457 e. The number of fused-ring (bicyclic) bond motifs is 3. The van der Waals surface area contributed by atoms with Crippen molar-refractivity contribution >= 4 is 50.6 Å². The molecule has 9 heteroatoms. The molecule has 0 saturated heterocycles. The Kier molecular flexibility index (Phi) is 5.50. The Labute approximate surface area is 192 Å². The monoisotopic (exact) mass is 461 g/mol. The summed E-state index contributed by atoms with van der Waals surface area (Å²) < 4.78 is 7.62. The minimum Gasteiger partial charge on any atom is -0.457 e. The van der Waals surface area contributed by atoms with E-state index in [9.17, 15) is 4.79 Å². The summed E-state index contributed by atoms with van der Waals surface area (Å²) in [6.45, 7) is 4.15. The number of amides is 1. The summed E-state index contributed by atoms with van der Waals surface area (Å²) in [5.74, 6) is 1.56. The Bertz CT molecular complexity index is 1410. The molecule has 1 amide bonds. The summed E-state index contributed by atoms with van der Waals surface area (Å²) in [6, 6.07) is 16.8. The van der Waals surface area contributed by atoms with Gasteiger partial charge in [-0.25, -0.2) is 4.98 Å². The molecule has 0 aliphatic carbocycles. The molecule has 0 spiro atoms. The van der Waals surface area contributed by atoms with Crippen molar-refractivity contribution in [1.29, 1.82) is 0 Å². The van der Waals surface area contributed by atoms with Crippen molar-refractivity contribution < 1.29 is 9.53 Å². The molecule has 3 aromatic heterocycles. The number of carbonyl (C=O) groups excluding carboxylic acids is 1. The van der Waals surface area contributed by atoms with E-state index in [1.165, 1.54) is 22.2 Å². The molecule has 0 radical (unpaired) electrons. The number of ether oxygens (including phenoxy) is 1. The summed E-state index contributed by atoms with van der Waals surface area (Å²) in [6.07, 6.45) is 1.72. The molecule has 0 bridgehead atoms. The predicted molar refractivity (Wildman–Crippen MR) is 128 cm³/mol. The third-order valence-corrected chi connectivity index (χ3v) is 7.05. The number of aryl methyl sites for hydroxylation is 2. The number of thioether (sulfide) groups is 1. The van der Waals surface area contributed by atoms with Crippen molar-refractivity contribution in [3.05, 3.63) is 71.4 Å². The molecule has 3 heterocycles. The van der Waals surface area contributed by atoms with Crippen LogP contribution in [-0.4, -0.2) is 31.2 Å². The SMILES string of the molecule is Cc1sc2ncn3c(SCC(=O)Nc4ccc(Oc5ccccc5)cc4)nnc3c2c1C. The highest BCUT2D eigenvalue weighted by Gasteiger charge is 2.16. The summed E-state index contributed by atoms with van der Waals surface area (Å²) in [5, 5.41) is 13.2. The second-order valence-corrected chi connectivity index (χ2v) is 9.31. The van der Waals surface area contributed by atoms with E-state index in [0.29, 0.717) is 16.6 Å². The zero-order valence-corrected chi connectivity index (χ0v) is 19.0. The number of para-hydroxylation sites is 1. The maximum Gasteiger partial charge on any atom is 0.234 e. The minimum absolute atomic E-state index is 0.125. The fourth-order valence-corrected chi connectivity index (χ4v) is 4.98. The topological polar surface area (TPSA) is 81.4 Å². The Morgan fingerprint density at radius 3 is 2.59 bits per heavy atom. The molecule has 7 nitrogen and oxygen atoms in total. The highest BCUT2D eigenvalue weighted by molar-refractivity contribution is 7.99. The van der Waals surface area contributed by atoms with Crippen LogP contribution in [0.15, 0.2) is 66.1 Å². The van der Waals surface area contributed by atoms with E-state index in [2.05, 4.69) is 34.3 Å². The highest BCUT2D eigenvalue weighted by atomic mass is 32.2. The van der Waals surface area contributed by atoms with Crippen LogP contribution in [0.4, 0.5) is 5.69 Å². The Morgan fingerprint density at radius 2 is 1.81 bits per heavy atom. The molecule has 5 rings (SSSR count). The fraction of sp³-hybridized carbons (Fsp3) is 0.130. The number of anilines is 1. The van der Waals surface area contributed by atoms with Crippen molar-refractivity contribution in [2.45, 2.75) is 19.0 Å². The average molecular weight is 462 g/mol. The van der Waals surface area contributed by atoms with Crippen LogP contribution in [0.1, 0.15) is 10.4 Å². The van der Waals surface area contributed by atoms with Gasteiger partial charge in [0.15, 0.2) is 10.8 Å². The molecule has 0 saturated carbocycles. The van der Waals surface area contributed by atoms with E-state index in [1.807, 2.05) is 59.0 Å². The van der Waals surface area contributed by atoms with Gasteiger partial charge in [0, 0.05) is 10.6 Å². The first-order valence-electron chi connectivity index (χ1n) is 9.93. The lowest BCUT2D eigenvalue weighted by molar-refractivity contribution is -0.113. The van der Waals surface area contributed by atoms with Crippen LogP contribution < -0.4 is 10.1 Å². The summed E-state index contributed by atoms with van der Waals surface area (Å²) in [5.41, 5.74) is 2.65. The van der Waals surface area contributed by atoms with Crippen molar-refractivity contribution in [1.82, 2.24) is 19.6 Å².